The average Bonchev–Trinajstić information content (AvgIpc) is 2.91. The van der Waals surface area contributed by atoms with Crippen LogP contribution in [-0.4, -0.2) is 59.2 Å². The highest BCUT2D eigenvalue weighted by Crippen LogP contribution is 2.37. The van der Waals surface area contributed by atoms with Crippen molar-refractivity contribution in [1.82, 2.24) is 20.3 Å². The molecule has 0 aliphatic carbocycles. The molecule has 1 unspecified atom stereocenters. The molecule has 0 fully saturated rings. The van der Waals surface area contributed by atoms with Crippen LogP contribution < -0.4 is 20.1 Å². The van der Waals surface area contributed by atoms with Crippen molar-refractivity contribution in [3.8, 4) is 29.0 Å². The van der Waals surface area contributed by atoms with Gasteiger partial charge in [0, 0.05) is 53.7 Å². The maximum absolute atomic E-state index is 12.2. The maximum atomic E-state index is 12.2. The van der Waals surface area contributed by atoms with Gasteiger partial charge in [0.15, 0.2) is 5.75 Å². The quantitative estimate of drug-likeness (QED) is 0.411. The molecule has 9 nitrogen and oxygen atoms in total. The average molecular weight is 491 g/mol. The Morgan fingerprint density at radius 1 is 1.17 bits per heavy atom. The molecule has 1 aliphatic rings. The van der Waals surface area contributed by atoms with Crippen molar-refractivity contribution < 1.29 is 14.3 Å². The lowest BCUT2D eigenvalue weighted by atomic mass is 10.0. The molecule has 1 aliphatic heterocycles. The molecule has 35 heavy (non-hydrogen) atoms. The number of pyridine rings is 1. The summed E-state index contributed by atoms with van der Waals surface area (Å²) in [5.74, 6) is 2.83. The van der Waals surface area contributed by atoms with Gasteiger partial charge in [-0.25, -0.2) is 15.0 Å². The summed E-state index contributed by atoms with van der Waals surface area (Å²) in [4.78, 5) is 25.2. The molecule has 180 valence electrons. The highest BCUT2D eigenvalue weighted by molar-refractivity contribution is 7.98. The molecule has 1 amide bonds. The van der Waals surface area contributed by atoms with Crippen LogP contribution in [0.25, 0.3) is 11.3 Å². The molecule has 0 saturated carbocycles. The minimum absolute atomic E-state index is 0.167. The van der Waals surface area contributed by atoms with E-state index in [1.54, 1.807) is 30.1 Å². The second kappa shape index (κ2) is 12.0. The number of nitriles is 1. The summed E-state index contributed by atoms with van der Waals surface area (Å²) in [6.07, 6.45) is 5.64. The molecule has 0 radical (unpaired) electrons. The van der Waals surface area contributed by atoms with Crippen molar-refractivity contribution >= 4 is 23.5 Å². The van der Waals surface area contributed by atoms with Crippen LogP contribution in [0.4, 0.5) is 5.82 Å². The first-order valence-electron chi connectivity index (χ1n) is 11.2. The molecule has 10 heteroatoms. The minimum atomic E-state index is -0.204. The van der Waals surface area contributed by atoms with Gasteiger partial charge in [0.1, 0.15) is 25.4 Å². The van der Waals surface area contributed by atoms with Gasteiger partial charge in [-0.2, -0.15) is 17.0 Å². The van der Waals surface area contributed by atoms with Crippen LogP contribution in [0.5, 0.6) is 11.6 Å². The smallest absolute Gasteiger partial charge is 0.257 e. The normalized spacial score (nSPS) is 12.9. The maximum Gasteiger partial charge on any atom is 0.257 e. The van der Waals surface area contributed by atoms with Crippen molar-refractivity contribution in [2.75, 3.05) is 43.6 Å². The van der Waals surface area contributed by atoms with Gasteiger partial charge in [-0.1, -0.05) is 12.1 Å². The van der Waals surface area contributed by atoms with Gasteiger partial charge in [-0.3, -0.25) is 4.79 Å². The molecular formula is C25H26N6O3S. The third-order valence-electron chi connectivity index (χ3n) is 5.44. The number of ether oxygens (including phenoxy) is 2. The number of anilines is 1. The topological polar surface area (TPSA) is 122 Å². The molecular weight excluding hydrogens is 464 g/mol. The van der Waals surface area contributed by atoms with E-state index in [9.17, 15) is 4.79 Å². The predicted octanol–water partition coefficient (Wildman–Crippen LogP) is 3.51. The van der Waals surface area contributed by atoms with Crippen LogP contribution in [0.3, 0.4) is 0 Å². The molecule has 0 spiro atoms. The van der Waals surface area contributed by atoms with Crippen molar-refractivity contribution in [3.63, 3.8) is 0 Å². The molecule has 0 bridgehead atoms. The fourth-order valence-corrected chi connectivity index (χ4v) is 4.42. The van der Waals surface area contributed by atoms with Gasteiger partial charge in [0.2, 0.25) is 0 Å². The number of hydrogen-bond acceptors (Lipinski definition) is 9. The van der Waals surface area contributed by atoms with Crippen LogP contribution in [0.2, 0.25) is 0 Å². The largest absolute Gasteiger partial charge is 0.484 e. The summed E-state index contributed by atoms with van der Waals surface area (Å²) in [6, 6.07) is 13.1. The van der Waals surface area contributed by atoms with Crippen LogP contribution in [0.15, 0.2) is 48.9 Å². The fourth-order valence-electron chi connectivity index (χ4n) is 3.72. The lowest BCUT2D eigenvalue weighted by molar-refractivity contribution is 0.0954. The summed E-state index contributed by atoms with van der Waals surface area (Å²) in [7, 11) is 0. The summed E-state index contributed by atoms with van der Waals surface area (Å²) in [5.41, 5.74) is 3.22. The molecule has 3 heterocycles. The van der Waals surface area contributed by atoms with E-state index in [2.05, 4.69) is 31.8 Å². The van der Waals surface area contributed by atoms with Crippen LogP contribution in [0, 0.1) is 11.3 Å². The van der Waals surface area contributed by atoms with Gasteiger partial charge >= 0.3 is 0 Å². The van der Waals surface area contributed by atoms with E-state index in [-0.39, 0.29) is 18.2 Å². The molecule has 4 rings (SSSR count). The Bertz CT molecular complexity index is 1200. The third kappa shape index (κ3) is 6.19. The number of hydrogen-bond donors (Lipinski definition) is 2. The predicted molar refractivity (Wildman–Crippen MR) is 135 cm³/mol. The van der Waals surface area contributed by atoms with E-state index < -0.39 is 0 Å². The molecule has 1 aromatic carbocycles. The zero-order chi connectivity index (χ0) is 24.5. The summed E-state index contributed by atoms with van der Waals surface area (Å²) in [5, 5.41) is 14.8. The van der Waals surface area contributed by atoms with E-state index >= 15 is 0 Å². The SMILES string of the molecule is CSCC(CNc1cc(-c2ccc(C(=O)NCCC#N)cc2)ncn1)c1ccnc2c1OCCO2. The minimum Gasteiger partial charge on any atom is -0.484 e. The first-order valence-corrected chi connectivity index (χ1v) is 12.6. The van der Waals surface area contributed by atoms with E-state index in [1.165, 1.54) is 6.33 Å². The van der Waals surface area contributed by atoms with Crippen molar-refractivity contribution in [2.24, 2.45) is 0 Å². The monoisotopic (exact) mass is 490 g/mol. The number of nitrogens with zero attached hydrogens (tertiary/aromatic N) is 4. The Labute approximate surface area is 208 Å². The van der Waals surface area contributed by atoms with Crippen LogP contribution in [0.1, 0.15) is 28.3 Å². The highest BCUT2D eigenvalue weighted by atomic mass is 32.2. The number of carbonyl (C=O) groups is 1. The molecule has 3 aromatic rings. The number of carbonyl (C=O) groups excluding carboxylic acids is 1. The van der Waals surface area contributed by atoms with E-state index in [0.29, 0.717) is 43.6 Å². The van der Waals surface area contributed by atoms with E-state index in [4.69, 9.17) is 14.7 Å². The number of nitrogens with one attached hydrogen (secondary N) is 2. The molecule has 2 N–H and O–H groups in total. The standard InChI is InChI=1S/C25H26N6O3S/c1-35-15-19(20-7-10-28-25-23(20)33-11-12-34-25)14-29-22-13-21(30-16-31-22)17-3-5-18(6-4-17)24(32)27-9-2-8-26/h3-7,10,13,16,19H,2,9,11-12,14-15H2,1H3,(H,27,32)(H,29,30,31). The number of thioether (sulfide) groups is 1. The first kappa shape index (κ1) is 24.3. The van der Waals surface area contributed by atoms with Crippen LogP contribution in [-0.2, 0) is 0 Å². The Hall–Kier alpha value is -3.84. The van der Waals surface area contributed by atoms with Crippen molar-refractivity contribution in [2.45, 2.75) is 12.3 Å². The zero-order valence-electron chi connectivity index (χ0n) is 19.4. The molecule has 1 atom stereocenters. The van der Waals surface area contributed by atoms with Crippen molar-refractivity contribution in [3.05, 3.63) is 60.0 Å². The summed E-state index contributed by atoms with van der Waals surface area (Å²) < 4.78 is 11.5. The number of fused-ring (bicyclic) bond motifs is 1. The Kier molecular flexibility index (Phi) is 8.35. The lowest BCUT2D eigenvalue weighted by Crippen LogP contribution is -2.24. The Morgan fingerprint density at radius 2 is 2.00 bits per heavy atom. The molecule has 0 saturated heterocycles. The van der Waals surface area contributed by atoms with Crippen LogP contribution >= 0.6 is 11.8 Å². The third-order valence-corrected chi connectivity index (χ3v) is 6.18. The lowest BCUT2D eigenvalue weighted by Gasteiger charge is -2.24. The van der Waals surface area contributed by atoms with Gasteiger partial charge in [-0.05, 0) is 24.5 Å². The van der Waals surface area contributed by atoms with Gasteiger partial charge in [0.05, 0.1) is 18.2 Å². The first-order chi connectivity index (χ1) is 17.2. The second-order valence-corrected chi connectivity index (χ2v) is 8.71. The Balaban J connectivity index is 1.44. The van der Waals surface area contributed by atoms with Gasteiger partial charge in [-0.15, -0.1) is 0 Å². The van der Waals surface area contributed by atoms with Crippen molar-refractivity contribution in [1.29, 1.82) is 5.26 Å². The zero-order valence-corrected chi connectivity index (χ0v) is 20.2. The van der Waals surface area contributed by atoms with Gasteiger partial charge in [0.25, 0.3) is 11.8 Å². The highest BCUT2D eigenvalue weighted by Gasteiger charge is 2.23. The summed E-state index contributed by atoms with van der Waals surface area (Å²) >= 11 is 1.76. The number of benzene rings is 1. The van der Waals surface area contributed by atoms with Gasteiger partial charge < -0.3 is 20.1 Å². The molecule has 2 aromatic heterocycles. The number of aromatic nitrogens is 3. The number of rotatable bonds is 10. The van der Waals surface area contributed by atoms with E-state index in [0.717, 1.165) is 28.3 Å². The second-order valence-electron chi connectivity index (χ2n) is 7.79. The fraction of sp³-hybridized carbons (Fsp3) is 0.320. The Morgan fingerprint density at radius 3 is 2.80 bits per heavy atom. The summed E-state index contributed by atoms with van der Waals surface area (Å²) in [6.45, 7) is 2.00. The number of amides is 1. The van der Waals surface area contributed by atoms with E-state index in [1.807, 2.05) is 30.3 Å².